The smallest absolute Gasteiger partial charge is 0.253 e. The zero-order chi connectivity index (χ0) is 12.9. The van der Waals surface area contributed by atoms with Crippen LogP contribution in [-0.4, -0.2) is 23.9 Å². The maximum atomic E-state index is 12.3. The second kappa shape index (κ2) is 3.84. The highest BCUT2D eigenvalue weighted by Gasteiger charge is 2.46. The first-order valence-corrected chi connectivity index (χ1v) is 6.85. The number of piperidine rings is 1. The fourth-order valence-electron chi connectivity index (χ4n) is 2.86. The largest absolute Gasteiger partial charge is 0.338 e. The Balaban J connectivity index is 1.74. The molecule has 1 aliphatic heterocycles. The van der Waals surface area contributed by atoms with E-state index in [1.807, 2.05) is 17.0 Å². The van der Waals surface area contributed by atoms with Crippen LogP contribution < -0.4 is 0 Å². The lowest BCUT2D eigenvalue weighted by atomic mass is 9.86. The topological polar surface area (TPSA) is 20.3 Å². The summed E-state index contributed by atoms with van der Waals surface area (Å²) >= 11 is 0. The highest BCUT2D eigenvalue weighted by atomic mass is 16.2. The van der Waals surface area contributed by atoms with Gasteiger partial charge in [0.1, 0.15) is 0 Å². The lowest BCUT2D eigenvalue weighted by Gasteiger charge is -2.21. The van der Waals surface area contributed by atoms with Crippen LogP contribution in [0.3, 0.4) is 0 Å². The van der Waals surface area contributed by atoms with Crippen molar-refractivity contribution in [2.24, 2.45) is 11.8 Å². The van der Waals surface area contributed by atoms with Crippen molar-refractivity contribution in [2.45, 2.75) is 32.6 Å². The average Bonchev–Trinajstić information content (AvgIpc) is 2.94. The molecule has 2 heteroatoms. The standard InChI is InChI=1S/C16H21NO/c1-16(2,3)14-6-4-11(5-7-14)15(18)17-9-12-8-13(12)10-17/h4-7,12-13H,8-10H2,1-3H3. The van der Waals surface area contributed by atoms with E-state index < -0.39 is 0 Å². The molecule has 96 valence electrons. The Kier molecular flexibility index (Phi) is 2.51. The van der Waals surface area contributed by atoms with Gasteiger partial charge in [0.25, 0.3) is 5.91 Å². The van der Waals surface area contributed by atoms with Gasteiger partial charge in [-0.05, 0) is 41.4 Å². The van der Waals surface area contributed by atoms with Crippen LogP contribution in [0.2, 0.25) is 0 Å². The van der Waals surface area contributed by atoms with Gasteiger partial charge < -0.3 is 4.90 Å². The van der Waals surface area contributed by atoms with E-state index >= 15 is 0 Å². The van der Waals surface area contributed by atoms with Gasteiger partial charge >= 0.3 is 0 Å². The van der Waals surface area contributed by atoms with Gasteiger partial charge in [-0.3, -0.25) is 4.79 Å². The Hall–Kier alpha value is -1.31. The first-order chi connectivity index (χ1) is 8.45. The van der Waals surface area contributed by atoms with Crippen LogP contribution in [0.15, 0.2) is 24.3 Å². The van der Waals surface area contributed by atoms with E-state index in [-0.39, 0.29) is 11.3 Å². The van der Waals surface area contributed by atoms with E-state index in [0.29, 0.717) is 0 Å². The van der Waals surface area contributed by atoms with Crippen molar-refractivity contribution in [3.63, 3.8) is 0 Å². The van der Waals surface area contributed by atoms with Crippen molar-refractivity contribution in [1.82, 2.24) is 4.90 Å². The van der Waals surface area contributed by atoms with E-state index in [1.165, 1.54) is 12.0 Å². The van der Waals surface area contributed by atoms with Crippen molar-refractivity contribution in [3.8, 4) is 0 Å². The molecule has 0 spiro atoms. The highest BCUT2D eigenvalue weighted by Crippen LogP contribution is 2.45. The molecule has 0 radical (unpaired) electrons. The molecule has 3 rings (SSSR count). The summed E-state index contributed by atoms with van der Waals surface area (Å²) in [6.07, 6.45) is 1.34. The van der Waals surface area contributed by atoms with E-state index in [0.717, 1.165) is 30.5 Å². The fourth-order valence-corrected chi connectivity index (χ4v) is 2.86. The van der Waals surface area contributed by atoms with Crippen LogP contribution in [0.5, 0.6) is 0 Å². The third-order valence-electron chi connectivity index (χ3n) is 4.26. The fraction of sp³-hybridized carbons (Fsp3) is 0.562. The van der Waals surface area contributed by atoms with Gasteiger partial charge in [0.05, 0.1) is 0 Å². The summed E-state index contributed by atoms with van der Waals surface area (Å²) in [6.45, 7) is 8.53. The minimum Gasteiger partial charge on any atom is -0.338 e. The lowest BCUT2D eigenvalue weighted by molar-refractivity contribution is 0.0775. The molecular weight excluding hydrogens is 222 g/mol. The van der Waals surface area contributed by atoms with Gasteiger partial charge in [-0.2, -0.15) is 0 Å². The number of amides is 1. The molecule has 1 aliphatic carbocycles. The number of likely N-dealkylation sites (tertiary alicyclic amines) is 1. The monoisotopic (exact) mass is 243 g/mol. The third-order valence-corrected chi connectivity index (χ3v) is 4.26. The van der Waals surface area contributed by atoms with Gasteiger partial charge in [0.15, 0.2) is 0 Å². The van der Waals surface area contributed by atoms with E-state index in [9.17, 15) is 4.79 Å². The minimum absolute atomic E-state index is 0.150. The zero-order valence-corrected chi connectivity index (χ0v) is 11.4. The summed E-state index contributed by atoms with van der Waals surface area (Å²) in [4.78, 5) is 14.3. The second-order valence-electron chi connectivity index (χ2n) is 6.79. The number of fused-ring (bicyclic) bond motifs is 1. The summed E-state index contributed by atoms with van der Waals surface area (Å²) in [5, 5.41) is 0. The van der Waals surface area contributed by atoms with E-state index in [1.54, 1.807) is 0 Å². The Labute approximate surface area is 109 Å². The molecule has 18 heavy (non-hydrogen) atoms. The molecule has 0 N–H and O–H groups in total. The predicted molar refractivity (Wildman–Crippen MR) is 72.6 cm³/mol. The zero-order valence-electron chi connectivity index (χ0n) is 11.4. The molecule has 2 atom stereocenters. The van der Waals surface area contributed by atoms with Crippen molar-refractivity contribution < 1.29 is 4.79 Å². The quantitative estimate of drug-likeness (QED) is 0.742. The Morgan fingerprint density at radius 1 is 1.11 bits per heavy atom. The van der Waals surface area contributed by atoms with Gasteiger partial charge in [-0.1, -0.05) is 32.9 Å². The van der Waals surface area contributed by atoms with Crippen molar-refractivity contribution >= 4 is 5.91 Å². The Bertz CT molecular complexity index is 459. The maximum Gasteiger partial charge on any atom is 0.253 e. The average molecular weight is 243 g/mol. The van der Waals surface area contributed by atoms with Crippen LogP contribution in [0.1, 0.15) is 43.1 Å². The molecule has 2 unspecified atom stereocenters. The summed E-state index contributed by atoms with van der Waals surface area (Å²) in [7, 11) is 0. The van der Waals surface area contributed by atoms with Crippen LogP contribution in [0, 0.1) is 11.8 Å². The van der Waals surface area contributed by atoms with E-state index in [2.05, 4.69) is 32.9 Å². The predicted octanol–water partition coefficient (Wildman–Crippen LogP) is 3.08. The van der Waals surface area contributed by atoms with Crippen LogP contribution >= 0.6 is 0 Å². The molecule has 0 aromatic heterocycles. The summed E-state index contributed by atoms with van der Waals surface area (Å²) in [5.41, 5.74) is 2.27. The van der Waals surface area contributed by atoms with Gasteiger partial charge in [0.2, 0.25) is 0 Å². The normalized spacial score (nSPS) is 26.1. The molecule has 1 aromatic rings. The number of hydrogen-bond acceptors (Lipinski definition) is 1. The lowest BCUT2D eigenvalue weighted by Crippen LogP contribution is -2.30. The Morgan fingerprint density at radius 3 is 2.17 bits per heavy atom. The third kappa shape index (κ3) is 2.05. The first kappa shape index (κ1) is 11.8. The molecule has 1 aromatic carbocycles. The van der Waals surface area contributed by atoms with Crippen molar-refractivity contribution in [3.05, 3.63) is 35.4 Å². The molecule has 1 saturated heterocycles. The number of carbonyl (C=O) groups is 1. The molecule has 1 amide bonds. The van der Waals surface area contributed by atoms with E-state index in [4.69, 9.17) is 0 Å². The molecule has 0 bridgehead atoms. The molecule has 2 aliphatic rings. The highest BCUT2D eigenvalue weighted by molar-refractivity contribution is 5.94. The SMILES string of the molecule is CC(C)(C)c1ccc(C(=O)N2CC3CC3C2)cc1. The molecule has 2 nitrogen and oxygen atoms in total. The number of nitrogens with zero attached hydrogens (tertiary/aromatic N) is 1. The van der Waals surface area contributed by atoms with Crippen LogP contribution in [0.25, 0.3) is 0 Å². The molecule has 1 heterocycles. The molecule has 2 fully saturated rings. The van der Waals surface area contributed by atoms with Crippen molar-refractivity contribution in [1.29, 1.82) is 0 Å². The summed E-state index contributed by atoms with van der Waals surface area (Å²) < 4.78 is 0. The number of carbonyl (C=O) groups excluding carboxylic acids is 1. The summed E-state index contributed by atoms with van der Waals surface area (Å²) in [6, 6.07) is 8.13. The second-order valence-corrected chi connectivity index (χ2v) is 6.79. The number of hydrogen-bond donors (Lipinski definition) is 0. The first-order valence-electron chi connectivity index (χ1n) is 6.85. The number of benzene rings is 1. The van der Waals surface area contributed by atoms with Gasteiger partial charge in [0, 0.05) is 18.7 Å². The minimum atomic E-state index is 0.150. The van der Waals surface area contributed by atoms with Crippen LogP contribution in [0.4, 0.5) is 0 Å². The number of rotatable bonds is 1. The summed E-state index contributed by atoms with van der Waals surface area (Å²) in [5.74, 6) is 1.83. The van der Waals surface area contributed by atoms with Gasteiger partial charge in [-0.25, -0.2) is 0 Å². The Morgan fingerprint density at radius 2 is 1.67 bits per heavy atom. The van der Waals surface area contributed by atoms with Crippen LogP contribution in [-0.2, 0) is 5.41 Å². The molecular formula is C16H21NO. The maximum absolute atomic E-state index is 12.3. The van der Waals surface area contributed by atoms with Crippen molar-refractivity contribution in [2.75, 3.05) is 13.1 Å². The van der Waals surface area contributed by atoms with Gasteiger partial charge in [-0.15, -0.1) is 0 Å². The molecule has 1 saturated carbocycles.